The van der Waals surface area contributed by atoms with E-state index < -0.39 is 5.60 Å². The lowest BCUT2D eigenvalue weighted by Gasteiger charge is -2.22. The molecule has 3 rings (SSSR count). The molecule has 1 aliphatic rings. The third-order valence-electron chi connectivity index (χ3n) is 3.65. The summed E-state index contributed by atoms with van der Waals surface area (Å²) >= 11 is 16.1. The zero-order valence-electron chi connectivity index (χ0n) is 11.4. The number of halogens is 3. The predicted molar refractivity (Wildman–Crippen MR) is 87.7 cm³/mol. The van der Waals surface area contributed by atoms with Crippen LogP contribution in [0, 0.1) is 0 Å². The molecule has 1 fully saturated rings. The van der Waals surface area contributed by atoms with E-state index in [9.17, 15) is 0 Å². The van der Waals surface area contributed by atoms with E-state index >= 15 is 0 Å². The lowest BCUT2D eigenvalue weighted by Crippen LogP contribution is -2.23. The summed E-state index contributed by atoms with van der Waals surface area (Å²) in [6.45, 7) is 2.69. The summed E-state index contributed by atoms with van der Waals surface area (Å²) in [5.74, 6) is 0.552. The fraction of sp³-hybridized carbons (Fsp3) is 0.333. The second-order valence-electron chi connectivity index (χ2n) is 5.19. The van der Waals surface area contributed by atoms with E-state index in [0.717, 1.165) is 22.9 Å². The molecule has 0 saturated carbocycles. The van der Waals surface area contributed by atoms with Crippen LogP contribution in [0.5, 0.6) is 0 Å². The molecule has 0 N–H and O–H groups in total. The number of ether oxygens (including phenoxy) is 1. The molecule has 0 radical (unpaired) electrons. The third-order valence-corrected chi connectivity index (χ3v) is 4.72. The van der Waals surface area contributed by atoms with Crippen molar-refractivity contribution in [2.24, 2.45) is 0 Å². The SMILES string of the molecule is CC1(c2nc(Cl)c(-c3ccc(Br)cc3)c(Cl)n2)CCCO1. The number of nitrogens with zero attached hydrogens (tertiary/aromatic N) is 2. The fourth-order valence-corrected chi connectivity index (χ4v) is 3.32. The minimum atomic E-state index is -0.495. The van der Waals surface area contributed by atoms with E-state index in [-0.39, 0.29) is 0 Å². The van der Waals surface area contributed by atoms with E-state index in [4.69, 9.17) is 27.9 Å². The molecule has 1 aromatic carbocycles. The van der Waals surface area contributed by atoms with Crippen LogP contribution in [0.15, 0.2) is 28.7 Å². The van der Waals surface area contributed by atoms with Crippen molar-refractivity contribution in [1.29, 1.82) is 0 Å². The Labute approximate surface area is 141 Å². The Kier molecular flexibility index (Phi) is 4.23. The standard InChI is InChI=1S/C15H13BrCl2N2O/c1-15(7-2-8-21-15)14-19-12(17)11(13(18)20-14)9-3-5-10(16)6-4-9/h3-6H,2,7-8H2,1H3. The van der Waals surface area contributed by atoms with Gasteiger partial charge in [0.1, 0.15) is 15.9 Å². The van der Waals surface area contributed by atoms with Crippen molar-refractivity contribution < 1.29 is 4.74 Å². The van der Waals surface area contributed by atoms with E-state index in [1.165, 1.54) is 0 Å². The quantitative estimate of drug-likeness (QED) is 0.661. The molecule has 1 atom stereocenters. The Bertz CT molecular complexity index is 647. The number of aromatic nitrogens is 2. The van der Waals surface area contributed by atoms with Gasteiger partial charge in [-0.05, 0) is 37.5 Å². The van der Waals surface area contributed by atoms with Gasteiger partial charge in [-0.1, -0.05) is 51.3 Å². The highest BCUT2D eigenvalue weighted by atomic mass is 79.9. The first-order chi connectivity index (χ1) is 9.99. The molecule has 1 unspecified atom stereocenters. The predicted octanol–water partition coefficient (Wildman–Crippen LogP) is 5.24. The first kappa shape index (κ1) is 15.2. The fourth-order valence-electron chi connectivity index (χ4n) is 2.45. The van der Waals surface area contributed by atoms with Crippen LogP contribution in [-0.2, 0) is 10.3 Å². The van der Waals surface area contributed by atoms with Gasteiger partial charge in [0.2, 0.25) is 0 Å². The zero-order valence-corrected chi connectivity index (χ0v) is 14.5. The molecule has 21 heavy (non-hydrogen) atoms. The van der Waals surface area contributed by atoms with Gasteiger partial charge < -0.3 is 4.74 Å². The monoisotopic (exact) mass is 386 g/mol. The van der Waals surface area contributed by atoms with Crippen molar-refractivity contribution in [3.8, 4) is 11.1 Å². The van der Waals surface area contributed by atoms with Gasteiger partial charge in [0.05, 0.1) is 5.56 Å². The molecule has 1 aromatic heterocycles. The van der Waals surface area contributed by atoms with Crippen LogP contribution >= 0.6 is 39.1 Å². The average molecular weight is 388 g/mol. The van der Waals surface area contributed by atoms with Gasteiger partial charge in [-0.2, -0.15) is 0 Å². The summed E-state index contributed by atoms with van der Waals surface area (Å²) in [4.78, 5) is 8.84. The van der Waals surface area contributed by atoms with Crippen molar-refractivity contribution in [2.75, 3.05) is 6.61 Å². The molecular weight excluding hydrogens is 375 g/mol. The Morgan fingerprint density at radius 1 is 1.14 bits per heavy atom. The molecule has 0 aliphatic carbocycles. The maximum absolute atomic E-state index is 6.35. The first-order valence-electron chi connectivity index (χ1n) is 6.63. The van der Waals surface area contributed by atoms with Crippen LogP contribution in [0.1, 0.15) is 25.6 Å². The van der Waals surface area contributed by atoms with Crippen LogP contribution < -0.4 is 0 Å². The molecule has 0 spiro atoms. The van der Waals surface area contributed by atoms with Crippen molar-refractivity contribution in [3.63, 3.8) is 0 Å². The summed E-state index contributed by atoms with van der Waals surface area (Å²) in [6.07, 6.45) is 1.86. The minimum absolute atomic E-state index is 0.351. The topological polar surface area (TPSA) is 35.0 Å². The van der Waals surface area contributed by atoms with E-state index in [1.807, 2.05) is 31.2 Å². The van der Waals surface area contributed by atoms with Gasteiger partial charge in [-0.3, -0.25) is 0 Å². The molecule has 0 amide bonds. The molecule has 2 aromatic rings. The van der Waals surface area contributed by atoms with E-state index in [0.29, 0.717) is 28.3 Å². The van der Waals surface area contributed by atoms with Crippen molar-refractivity contribution >= 4 is 39.1 Å². The Balaban J connectivity index is 2.06. The largest absolute Gasteiger partial charge is 0.367 e. The molecule has 110 valence electrons. The van der Waals surface area contributed by atoms with Crippen molar-refractivity contribution in [1.82, 2.24) is 9.97 Å². The Morgan fingerprint density at radius 3 is 2.29 bits per heavy atom. The van der Waals surface area contributed by atoms with Crippen LogP contribution in [0.4, 0.5) is 0 Å². The molecular formula is C15H13BrCl2N2O. The molecule has 6 heteroatoms. The lowest BCUT2D eigenvalue weighted by atomic mass is 10.0. The van der Waals surface area contributed by atoms with Crippen LogP contribution in [0.2, 0.25) is 10.3 Å². The van der Waals surface area contributed by atoms with Gasteiger partial charge in [0.15, 0.2) is 5.82 Å². The second kappa shape index (κ2) is 5.84. The minimum Gasteiger partial charge on any atom is -0.367 e. The maximum Gasteiger partial charge on any atom is 0.163 e. The van der Waals surface area contributed by atoms with Crippen LogP contribution in [0.25, 0.3) is 11.1 Å². The first-order valence-corrected chi connectivity index (χ1v) is 8.18. The number of hydrogen-bond acceptors (Lipinski definition) is 3. The summed E-state index contributed by atoms with van der Waals surface area (Å²) in [5, 5.41) is 0.702. The molecule has 1 saturated heterocycles. The smallest absolute Gasteiger partial charge is 0.163 e. The Morgan fingerprint density at radius 2 is 1.76 bits per heavy atom. The van der Waals surface area contributed by atoms with Gasteiger partial charge in [0.25, 0.3) is 0 Å². The van der Waals surface area contributed by atoms with Crippen LogP contribution in [0.3, 0.4) is 0 Å². The number of benzene rings is 1. The summed E-state index contributed by atoms with van der Waals surface area (Å²) in [6, 6.07) is 7.70. The lowest BCUT2D eigenvalue weighted by molar-refractivity contribution is 0.00937. The average Bonchev–Trinajstić information content (AvgIpc) is 2.88. The zero-order chi connectivity index (χ0) is 15.0. The van der Waals surface area contributed by atoms with Crippen molar-refractivity contribution in [2.45, 2.75) is 25.4 Å². The summed E-state index contributed by atoms with van der Waals surface area (Å²) in [7, 11) is 0. The molecule has 3 nitrogen and oxygen atoms in total. The summed E-state index contributed by atoms with van der Waals surface area (Å²) < 4.78 is 6.74. The van der Waals surface area contributed by atoms with Crippen molar-refractivity contribution in [3.05, 3.63) is 44.9 Å². The molecule has 0 bridgehead atoms. The van der Waals surface area contributed by atoms with Gasteiger partial charge in [-0.15, -0.1) is 0 Å². The second-order valence-corrected chi connectivity index (χ2v) is 6.83. The third kappa shape index (κ3) is 2.95. The van der Waals surface area contributed by atoms with Crippen LogP contribution in [-0.4, -0.2) is 16.6 Å². The Hall–Kier alpha value is -0.680. The maximum atomic E-state index is 6.35. The normalized spacial score (nSPS) is 21.7. The molecule has 2 heterocycles. The highest BCUT2D eigenvalue weighted by molar-refractivity contribution is 9.10. The highest BCUT2D eigenvalue weighted by Crippen LogP contribution is 2.38. The molecule has 1 aliphatic heterocycles. The van der Waals surface area contributed by atoms with Gasteiger partial charge in [0, 0.05) is 11.1 Å². The number of hydrogen-bond donors (Lipinski definition) is 0. The van der Waals surface area contributed by atoms with E-state index in [1.54, 1.807) is 0 Å². The highest BCUT2D eigenvalue weighted by Gasteiger charge is 2.35. The van der Waals surface area contributed by atoms with Gasteiger partial charge in [-0.25, -0.2) is 9.97 Å². The number of rotatable bonds is 2. The van der Waals surface area contributed by atoms with Gasteiger partial charge >= 0.3 is 0 Å². The van der Waals surface area contributed by atoms with E-state index in [2.05, 4.69) is 25.9 Å². The summed E-state index contributed by atoms with van der Waals surface area (Å²) in [5.41, 5.74) is 1.04.